The Balaban J connectivity index is 1.82. The van der Waals surface area contributed by atoms with Crippen LogP contribution in [0.15, 0.2) is 67.8 Å². The van der Waals surface area contributed by atoms with Gasteiger partial charge in [0.25, 0.3) is 0 Å². The predicted molar refractivity (Wildman–Crippen MR) is 99.3 cm³/mol. The van der Waals surface area contributed by atoms with E-state index in [4.69, 9.17) is 4.42 Å². The summed E-state index contributed by atoms with van der Waals surface area (Å²) in [5.41, 5.74) is 1.23. The minimum absolute atomic E-state index is 0.628. The molecule has 0 aliphatic carbocycles. The molecule has 0 bridgehead atoms. The van der Waals surface area contributed by atoms with Gasteiger partial charge in [0.1, 0.15) is 0 Å². The fourth-order valence-corrected chi connectivity index (χ4v) is 3.51. The number of aromatic nitrogens is 3. The third-order valence-corrected chi connectivity index (χ3v) is 5.10. The Morgan fingerprint density at radius 2 is 1.91 bits per heavy atom. The zero-order chi connectivity index (χ0) is 16.2. The normalized spacial score (nSPS) is 10.9. The maximum Gasteiger partial charge on any atom is 0.200 e. The molecule has 0 N–H and O–H groups in total. The lowest BCUT2D eigenvalue weighted by Crippen LogP contribution is -2.00. The van der Waals surface area contributed by atoms with Gasteiger partial charge in [-0.15, -0.1) is 16.8 Å². The highest BCUT2D eigenvalue weighted by molar-refractivity contribution is 9.10. The van der Waals surface area contributed by atoms with Crippen LogP contribution in [0.2, 0.25) is 0 Å². The summed E-state index contributed by atoms with van der Waals surface area (Å²) in [5, 5.41) is 9.41. The smallest absolute Gasteiger partial charge is 0.200 e. The topological polar surface area (TPSA) is 43.9 Å². The fraction of sp³-hybridized carbons (Fsp3) is 0.125. The SMILES string of the molecule is C=CCn1c(SCc2ccc(Br)cc2)nnc1-c1ccc(Br)o1. The summed E-state index contributed by atoms with van der Waals surface area (Å²) in [6.07, 6.45) is 1.83. The van der Waals surface area contributed by atoms with Crippen LogP contribution in [0.5, 0.6) is 0 Å². The molecule has 7 heteroatoms. The second kappa shape index (κ2) is 7.51. The fourth-order valence-electron chi connectivity index (χ4n) is 2.03. The molecule has 3 rings (SSSR count). The number of hydrogen-bond donors (Lipinski definition) is 0. The number of halogens is 2. The molecule has 0 aliphatic heterocycles. The zero-order valence-corrected chi connectivity index (χ0v) is 16.1. The lowest BCUT2D eigenvalue weighted by molar-refractivity contribution is 0.545. The van der Waals surface area contributed by atoms with Gasteiger partial charge in [0.15, 0.2) is 15.6 Å². The average molecular weight is 455 g/mol. The number of nitrogens with zero attached hydrogens (tertiary/aromatic N) is 3. The van der Waals surface area contributed by atoms with Crippen LogP contribution in [0.4, 0.5) is 0 Å². The Bertz CT molecular complexity index is 811. The molecule has 0 saturated carbocycles. The molecule has 0 atom stereocenters. The Hall–Kier alpha value is -1.31. The van der Waals surface area contributed by atoms with E-state index in [0.717, 1.165) is 15.4 Å². The van der Waals surface area contributed by atoms with Crippen molar-refractivity contribution in [1.82, 2.24) is 14.8 Å². The number of furan rings is 1. The highest BCUT2D eigenvalue weighted by Crippen LogP contribution is 2.29. The van der Waals surface area contributed by atoms with Gasteiger partial charge >= 0.3 is 0 Å². The number of allylic oxidation sites excluding steroid dienone is 1. The van der Waals surface area contributed by atoms with Gasteiger partial charge in [-0.1, -0.05) is 45.9 Å². The molecule has 4 nitrogen and oxygen atoms in total. The molecule has 23 heavy (non-hydrogen) atoms. The number of rotatable bonds is 6. The van der Waals surface area contributed by atoms with Crippen molar-refractivity contribution in [3.8, 4) is 11.6 Å². The first kappa shape index (κ1) is 16.5. The number of thioether (sulfide) groups is 1. The highest BCUT2D eigenvalue weighted by atomic mass is 79.9. The molecule has 0 spiro atoms. The van der Waals surface area contributed by atoms with Crippen LogP contribution >= 0.6 is 43.6 Å². The molecule has 0 amide bonds. The summed E-state index contributed by atoms with van der Waals surface area (Å²) in [7, 11) is 0. The van der Waals surface area contributed by atoms with Crippen molar-refractivity contribution in [2.75, 3.05) is 0 Å². The molecule has 3 aromatic rings. The third kappa shape index (κ3) is 3.97. The lowest BCUT2D eigenvalue weighted by Gasteiger charge is -2.06. The van der Waals surface area contributed by atoms with E-state index < -0.39 is 0 Å². The molecule has 118 valence electrons. The summed E-state index contributed by atoms with van der Waals surface area (Å²) in [5.74, 6) is 2.21. The minimum atomic E-state index is 0.628. The molecule has 1 aromatic carbocycles. The maximum atomic E-state index is 5.59. The van der Waals surface area contributed by atoms with Crippen LogP contribution in [0.1, 0.15) is 5.56 Å². The molecule has 0 radical (unpaired) electrons. The first-order chi connectivity index (χ1) is 11.2. The van der Waals surface area contributed by atoms with Gasteiger partial charge in [0, 0.05) is 16.8 Å². The van der Waals surface area contributed by atoms with Crippen molar-refractivity contribution in [3.05, 3.63) is 63.8 Å². The second-order valence-corrected chi connectivity index (χ2v) is 7.36. The second-order valence-electron chi connectivity index (χ2n) is 4.72. The van der Waals surface area contributed by atoms with Crippen molar-refractivity contribution in [1.29, 1.82) is 0 Å². The zero-order valence-electron chi connectivity index (χ0n) is 12.1. The van der Waals surface area contributed by atoms with Crippen LogP contribution in [0.25, 0.3) is 11.6 Å². The van der Waals surface area contributed by atoms with Crippen molar-refractivity contribution >= 4 is 43.6 Å². The standard InChI is InChI=1S/C16H13Br2N3OS/c1-2-9-21-15(13-7-8-14(18)22-13)19-20-16(21)23-10-11-3-5-12(17)6-4-11/h2-8H,1,9-10H2. The van der Waals surface area contributed by atoms with Crippen LogP contribution < -0.4 is 0 Å². The van der Waals surface area contributed by atoms with Crippen molar-refractivity contribution in [2.24, 2.45) is 0 Å². The van der Waals surface area contributed by atoms with E-state index in [-0.39, 0.29) is 0 Å². The van der Waals surface area contributed by atoms with Crippen LogP contribution in [-0.4, -0.2) is 14.8 Å². The molecular formula is C16H13Br2N3OS. The van der Waals surface area contributed by atoms with Gasteiger partial charge in [-0.05, 0) is 45.8 Å². The third-order valence-electron chi connectivity index (χ3n) is 3.10. The molecule has 0 fully saturated rings. The average Bonchev–Trinajstić information content (AvgIpc) is 3.14. The molecule has 0 saturated heterocycles. The summed E-state index contributed by atoms with van der Waals surface area (Å²) in [4.78, 5) is 0. The van der Waals surface area contributed by atoms with Gasteiger partial charge in [0.2, 0.25) is 5.82 Å². The van der Waals surface area contributed by atoms with Crippen LogP contribution in [0, 0.1) is 0 Å². The van der Waals surface area contributed by atoms with E-state index in [1.807, 2.05) is 34.9 Å². The molecule has 0 unspecified atom stereocenters. The molecule has 2 aromatic heterocycles. The highest BCUT2D eigenvalue weighted by Gasteiger charge is 2.16. The largest absolute Gasteiger partial charge is 0.446 e. The Morgan fingerprint density at radius 3 is 2.57 bits per heavy atom. The summed E-state index contributed by atoms with van der Waals surface area (Å²) < 4.78 is 9.34. The Labute approximate surface area is 155 Å². The molecule has 2 heterocycles. The number of benzene rings is 1. The van der Waals surface area contributed by atoms with Gasteiger partial charge in [-0.3, -0.25) is 4.57 Å². The van der Waals surface area contributed by atoms with Gasteiger partial charge < -0.3 is 4.42 Å². The van der Waals surface area contributed by atoms with Gasteiger partial charge in [-0.2, -0.15) is 0 Å². The van der Waals surface area contributed by atoms with Crippen molar-refractivity contribution in [3.63, 3.8) is 0 Å². The molecular weight excluding hydrogens is 442 g/mol. The van der Waals surface area contributed by atoms with Crippen molar-refractivity contribution in [2.45, 2.75) is 17.5 Å². The number of hydrogen-bond acceptors (Lipinski definition) is 4. The lowest BCUT2D eigenvalue weighted by atomic mass is 10.2. The van der Waals surface area contributed by atoms with E-state index in [2.05, 4.69) is 60.8 Å². The molecule has 0 aliphatic rings. The summed E-state index contributed by atoms with van der Waals surface area (Å²) >= 11 is 8.40. The summed E-state index contributed by atoms with van der Waals surface area (Å²) in [6, 6.07) is 12.0. The first-order valence-electron chi connectivity index (χ1n) is 6.84. The Kier molecular flexibility index (Phi) is 5.40. The maximum absolute atomic E-state index is 5.59. The summed E-state index contributed by atoms with van der Waals surface area (Å²) in [6.45, 7) is 4.44. The first-order valence-corrected chi connectivity index (χ1v) is 9.41. The van der Waals surface area contributed by atoms with Crippen LogP contribution in [-0.2, 0) is 12.3 Å². The predicted octanol–water partition coefficient (Wildman–Crippen LogP) is 5.54. The van der Waals surface area contributed by atoms with E-state index in [1.165, 1.54) is 5.56 Å². The van der Waals surface area contributed by atoms with Gasteiger partial charge in [-0.25, -0.2) is 0 Å². The van der Waals surface area contributed by atoms with E-state index >= 15 is 0 Å². The quantitative estimate of drug-likeness (QED) is 0.362. The van der Waals surface area contributed by atoms with Gasteiger partial charge in [0.05, 0.1) is 0 Å². The minimum Gasteiger partial charge on any atom is -0.446 e. The monoisotopic (exact) mass is 453 g/mol. The van der Waals surface area contributed by atoms with Crippen molar-refractivity contribution < 1.29 is 4.42 Å². The Morgan fingerprint density at radius 1 is 1.13 bits per heavy atom. The van der Waals surface area contributed by atoms with E-state index in [1.54, 1.807) is 11.8 Å². The van der Waals surface area contributed by atoms with E-state index in [0.29, 0.717) is 22.8 Å². The van der Waals surface area contributed by atoms with Crippen LogP contribution in [0.3, 0.4) is 0 Å². The van der Waals surface area contributed by atoms with E-state index in [9.17, 15) is 0 Å².